The summed E-state index contributed by atoms with van der Waals surface area (Å²) in [5.74, 6) is -4.83. The number of aromatic nitrogens is 1. The molecule has 3 rings (SSSR count). The minimum atomic E-state index is -1.65. The van der Waals surface area contributed by atoms with Crippen LogP contribution in [0.25, 0.3) is 10.9 Å². The fraction of sp³-hybridized carbons (Fsp3) is 0.333. The Morgan fingerprint density at radius 3 is 2.58 bits per heavy atom. The third-order valence-corrected chi connectivity index (χ3v) is 4.23. The summed E-state index contributed by atoms with van der Waals surface area (Å²) in [6, 6.07) is 3.70. The van der Waals surface area contributed by atoms with E-state index in [-0.39, 0.29) is 29.1 Å². The molecule has 0 saturated heterocycles. The van der Waals surface area contributed by atoms with Gasteiger partial charge < -0.3 is 9.30 Å². The van der Waals surface area contributed by atoms with Gasteiger partial charge in [0.05, 0.1) is 35.2 Å². The molecule has 0 bridgehead atoms. The van der Waals surface area contributed by atoms with Gasteiger partial charge in [0.25, 0.3) is 0 Å². The maximum Gasteiger partial charge on any atom is 0.343 e. The van der Waals surface area contributed by atoms with Crippen molar-refractivity contribution in [3.8, 4) is 12.1 Å². The van der Waals surface area contributed by atoms with E-state index in [4.69, 9.17) is 15.3 Å². The molecule has 1 aliphatic rings. The highest BCUT2D eigenvalue weighted by Crippen LogP contribution is 2.39. The first-order chi connectivity index (χ1) is 12.4. The molecule has 1 aromatic carbocycles. The number of fused-ring (bicyclic) bond motifs is 1. The quantitative estimate of drug-likeness (QED) is 0.784. The number of ether oxygens (including phenoxy) is 1. The molecular weight excluding hydrogens is 344 g/mol. The SMILES string of the molecule is CCOC(=O)c1cn(C2CC2)c2c(F)c(C(C#N)C#N)c(F)cc2c1=O. The summed E-state index contributed by atoms with van der Waals surface area (Å²) in [5, 5.41) is 17.6. The van der Waals surface area contributed by atoms with Gasteiger partial charge in [0, 0.05) is 12.2 Å². The molecule has 6 nitrogen and oxygen atoms in total. The van der Waals surface area contributed by atoms with E-state index >= 15 is 4.39 Å². The molecule has 0 radical (unpaired) electrons. The van der Waals surface area contributed by atoms with E-state index in [0.717, 1.165) is 6.07 Å². The molecule has 132 valence electrons. The smallest absolute Gasteiger partial charge is 0.343 e. The molecule has 0 atom stereocenters. The van der Waals surface area contributed by atoms with Crippen LogP contribution in [0.1, 0.15) is 47.6 Å². The number of halogens is 2. The minimum Gasteiger partial charge on any atom is -0.462 e. The van der Waals surface area contributed by atoms with Crippen molar-refractivity contribution in [1.82, 2.24) is 4.57 Å². The van der Waals surface area contributed by atoms with Crippen LogP contribution in [0, 0.1) is 34.3 Å². The van der Waals surface area contributed by atoms with Crippen molar-refractivity contribution < 1.29 is 18.3 Å². The van der Waals surface area contributed by atoms with Crippen LogP contribution in [0.3, 0.4) is 0 Å². The van der Waals surface area contributed by atoms with E-state index in [0.29, 0.717) is 12.8 Å². The number of carbonyl (C=O) groups excluding carboxylic acids is 1. The lowest BCUT2D eigenvalue weighted by Crippen LogP contribution is -2.22. The molecule has 0 unspecified atom stereocenters. The van der Waals surface area contributed by atoms with Crippen LogP contribution in [0.15, 0.2) is 17.1 Å². The predicted molar refractivity (Wildman–Crippen MR) is 86.3 cm³/mol. The Morgan fingerprint density at radius 2 is 2.04 bits per heavy atom. The summed E-state index contributed by atoms with van der Waals surface area (Å²) in [6.07, 6.45) is 2.61. The van der Waals surface area contributed by atoms with Gasteiger partial charge in [0.2, 0.25) is 5.43 Å². The Balaban J connectivity index is 2.40. The summed E-state index contributed by atoms with van der Waals surface area (Å²) < 4.78 is 35.7. The van der Waals surface area contributed by atoms with Crippen molar-refractivity contribution in [2.75, 3.05) is 6.61 Å². The summed E-state index contributed by atoms with van der Waals surface area (Å²) in [5.41, 5.74) is -2.07. The number of rotatable bonds is 4. The lowest BCUT2D eigenvalue weighted by molar-refractivity contribution is 0.0524. The van der Waals surface area contributed by atoms with Crippen LogP contribution in [0.4, 0.5) is 8.78 Å². The van der Waals surface area contributed by atoms with Crippen molar-refractivity contribution in [1.29, 1.82) is 10.5 Å². The van der Waals surface area contributed by atoms with E-state index in [9.17, 15) is 14.0 Å². The van der Waals surface area contributed by atoms with Gasteiger partial charge in [0.1, 0.15) is 11.4 Å². The fourth-order valence-electron chi connectivity index (χ4n) is 2.87. The molecule has 26 heavy (non-hydrogen) atoms. The lowest BCUT2D eigenvalue weighted by atomic mass is 9.97. The highest BCUT2D eigenvalue weighted by Gasteiger charge is 2.31. The molecule has 1 heterocycles. The standard InChI is InChI=1S/C18H13F2N3O3/c1-2-26-18(25)12-8-23(10-3-4-10)16-11(17(12)24)5-13(19)14(15(16)20)9(6-21)7-22/h5,8-10H,2-4H2,1H3. The lowest BCUT2D eigenvalue weighted by Gasteiger charge is -2.15. The number of nitriles is 2. The molecule has 8 heteroatoms. The first-order valence-electron chi connectivity index (χ1n) is 7.97. The molecule has 1 saturated carbocycles. The zero-order chi connectivity index (χ0) is 19.0. The predicted octanol–water partition coefficient (Wildman–Crippen LogP) is 2.92. The van der Waals surface area contributed by atoms with Crippen molar-refractivity contribution in [3.63, 3.8) is 0 Å². The van der Waals surface area contributed by atoms with Crippen LogP contribution in [-0.4, -0.2) is 17.1 Å². The van der Waals surface area contributed by atoms with E-state index in [1.807, 2.05) is 0 Å². The third kappa shape index (κ3) is 2.70. The van der Waals surface area contributed by atoms with Gasteiger partial charge in [-0.2, -0.15) is 10.5 Å². The van der Waals surface area contributed by atoms with Crippen LogP contribution in [0.5, 0.6) is 0 Å². The second kappa shape index (κ2) is 6.57. The minimum absolute atomic E-state index is 0.0490. The fourth-order valence-corrected chi connectivity index (χ4v) is 2.87. The highest BCUT2D eigenvalue weighted by molar-refractivity contribution is 5.94. The van der Waals surface area contributed by atoms with Crippen LogP contribution in [0.2, 0.25) is 0 Å². The number of pyridine rings is 1. The Labute approximate surface area is 146 Å². The Kier molecular flexibility index (Phi) is 4.43. The summed E-state index contributed by atoms with van der Waals surface area (Å²) in [4.78, 5) is 24.6. The van der Waals surface area contributed by atoms with Crippen molar-refractivity contribution in [2.45, 2.75) is 31.7 Å². The van der Waals surface area contributed by atoms with E-state index in [1.54, 1.807) is 6.92 Å². The van der Waals surface area contributed by atoms with Gasteiger partial charge in [-0.3, -0.25) is 4.79 Å². The molecule has 0 N–H and O–H groups in total. The first-order valence-corrected chi connectivity index (χ1v) is 7.97. The first kappa shape index (κ1) is 17.6. The van der Waals surface area contributed by atoms with Crippen molar-refractivity contribution in [3.05, 3.63) is 45.2 Å². The van der Waals surface area contributed by atoms with Crippen molar-refractivity contribution >= 4 is 16.9 Å². The van der Waals surface area contributed by atoms with E-state index < -0.39 is 34.5 Å². The molecule has 1 aliphatic carbocycles. The average Bonchev–Trinajstić information content (AvgIpc) is 3.44. The molecule has 0 amide bonds. The Hall–Kier alpha value is -3.26. The molecule has 0 aliphatic heterocycles. The van der Waals surface area contributed by atoms with Crippen molar-refractivity contribution in [2.24, 2.45) is 0 Å². The van der Waals surface area contributed by atoms with Crippen LogP contribution in [-0.2, 0) is 4.74 Å². The molecular formula is C18H13F2N3O3. The maximum absolute atomic E-state index is 15.0. The van der Waals surface area contributed by atoms with Gasteiger partial charge in [-0.1, -0.05) is 0 Å². The normalized spacial score (nSPS) is 13.5. The molecule has 1 fully saturated rings. The summed E-state index contributed by atoms with van der Waals surface area (Å²) >= 11 is 0. The second-order valence-corrected chi connectivity index (χ2v) is 5.90. The molecule has 1 aromatic heterocycles. The number of carbonyl (C=O) groups is 1. The number of nitrogens with zero attached hydrogens (tertiary/aromatic N) is 3. The maximum atomic E-state index is 15.0. The topological polar surface area (TPSA) is 95.9 Å². The zero-order valence-corrected chi connectivity index (χ0v) is 13.8. The van der Waals surface area contributed by atoms with Gasteiger partial charge in [-0.25, -0.2) is 13.6 Å². The Morgan fingerprint density at radius 1 is 1.38 bits per heavy atom. The molecule has 0 spiro atoms. The third-order valence-electron chi connectivity index (χ3n) is 4.23. The van der Waals surface area contributed by atoms with Gasteiger partial charge in [0.15, 0.2) is 11.7 Å². The highest BCUT2D eigenvalue weighted by atomic mass is 19.1. The largest absolute Gasteiger partial charge is 0.462 e. The van der Waals surface area contributed by atoms with E-state index in [1.165, 1.54) is 22.9 Å². The number of hydrogen-bond acceptors (Lipinski definition) is 5. The van der Waals surface area contributed by atoms with Gasteiger partial charge in [-0.05, 0) is 25.8 Å². The van der Waals surface area contributed by atoms with Gasteiger partial charge in [-0.15, -0.1) is 0 Å². The monoisotopic (exact) mass is 357 g/mol. The molecule has 2 aromatic rings. The average molecular weight is 357 g/mol. The summed E-state index contributed by atoms with van der Waals surface area (Å²) in [7, 11) is 0. The van der Waals surface area contributed by atoms with E-state index in [2.05, 4.69) is 0 Å². The number of benzene rings is 1. The van der Waals surface area contributed by atoms with Gasteiger partial charge >= 0.3 is 5.97 Å². The number of esters is 1. The Bertz CT molecular complexity index is 1040. The summed E-state index contributed by atoms with van der Waals surface area (Å²) in [6.45, 7) is 1.63. The van der Waals surface area contributed by atoms with Crippen LogP contribution < -0.4 is 5.43 Å². The van der Waals surface area contributed by atoms with Crippen LogP contribution >= 0.6 is 0 Å². The number of hydrogen-bond donors (Lipinski definition) is 0. The second-order valence-electron chi connectivity index (χ2n) is 5.90. The zero-order valence-electron chi connectivity index (χ0n) is 13.8.